The van der Waals surface area contributed by atoms with Gasteiger partial charge in [0.15, 0.2) is 0 Å². The molecule has 1 aliphatic carbocycles. The van der Waals surface area contributed by atoms with E-state index in [1.54, 1.807) is 24.3 Å². The molecular formula is C14H18N2O2. The standard InChI is InChI=1S/C14H18N2O2/c15-8-11-3-1-6-14(7-11)18-10-13(17)9-16-12-4-2-5-12/h1,3,6-7,12-13,16-17H,2,4-5,9-10H2. The van der Waals surface area contributed by atoms with E-state index in [1.165, 1.54) is 19.3 Å². The first-order valence-electron chi connectivity index (χ1n) is 6.32. The first-order valence-corrected chi connectivity index (χ1v) is 6.32. The zero-order valence-electron chi connectivity index (χ0n) is 10.3. The fourth-order valence-electron chi connectivity index (χ4n) is 1.82. The van der Waals surface area contributed by atoms with Gasteiger partial charge < -0.3 is 15.2 Å². The smallest absolute Gasteiger partial charge is 0.120 e. The Labute approximate surface area is 107 Å². The molecule has 1 aromatic carbocycles. The summed E-state index contributed by atoms with van der Waals surface area (Å²) in [6, 6.07) is 9.58. The van der Waals surface area contributed by atoms with Crippen LogP contribution >= 0.6 is 0 Å². The van der Waals surface area contributed by atoms with Crippen LogP contribution in [0.4, 0.5) is 0 Å². The Morgan fingerprint density at radius 3 is 3.00 bits per heavy atom. The van der Waals surface area contributed by atoms with Gasteiger partial charge in [0.05, 0.1) is 11.6 Å². The fourth-order valence-corrected chi connectivity index (χ4v) is 1.82. The Hall–Kier alpha value is -1.57. The van der Waals surface area contributed by atoms with Crippen molar-refractivity contribution in [2.24, 2.45) is 0 Å². The molecule has 1 saturated carbocycles. The number of aliphatic hydroxyl groups is 1. The van der Waals surface area contributed by atoms with E-state index >= 15 is 0 Å². The van der Waals surface area contributed by atoms with Gasteiger partial charge in [-0.05, 0) is 31.0 Å². The van der Waals surface area contributed by atoms with Crippen molar-refractivity contribution in [3.63, 3.8) is 0 Å². The van der Waals surface area contributed by atoms with Crippen LogP contribution in [-0.4, -0.2) is 30.4 Å². The van der Waals surface area contributed by atoms with E-state index in [0.29, 0.717) is 23.9 Å². The molecule has 1 atom stereocenters. The Balaban J connectivity index is 1.70. The predicted molar refractivity (Wildman–Crippen MR) is 68.3 cm³/mol. The number of nitrogens with one attached hydrogen (secondary N) is 1. The molecule has 18 heavy (non-hydrogen) atoms. The lowest BCUT2D eigenvalue weighted by Gasteiger charge is -2.27. The van der Waals surface area contributed by atoms with E-state index in [0.717, 1.165) is 0 Å². The van der Waals surface area contributed by atoms with E-state index < -0.39 is 6.10 Å². The molecule has 4 nitrogen and oxygen atoms in total. The van der Waals surface area contributed by atoms with Crippen LogP contribution in [0.3, 0.4) is 0 Å². The maximum atomic E-state index is 9.75. The summed E-state index contributed by atoms with van der Waals surface area (Å²) in [7, 11) is 0. The highest BCUT2D eigenvalue weighted by Crippen LogP contribution is 2.17. The third kappa shape index (κ3) is 3.73. The number of benzene rings is 1. The lowest BCUT2D eigenvalue weighted by Crippen LogP contribution is -2.41. The molecule has 2 rings (SSSR count). The van der Waals surface area contributed by atoms with Gasteiger partial charge in [0, 0.05) is 12.6 Å². The summed E-state index contributed by atoms with van der Waals surface area (Å²) < 4.78 is 5.45. The largest absolute Gasteiger partial charge is 0.491 e. The normalized spacial score (nSPS) is 16.7. The minimum atomic E-state index is -0.517. The summed E-state index contributed by atoms with van der Waals surface area (Å²) >= 11 is 0. The van der Waals surface area contributed by atoms with Crippen molar-refractivity contribution >= 4 is 0 Å². The molecule has 0 bridgehead atoms. The van der Waals surface area contributed by atoms with Crippen LogP contribution in [0, 0.1) is 11.3 Å². The molecule has 0 heterocycles. The van der Waals surface area contributed by atoms with Gasteiger partial charge in [-0.3, -0.25) is 0 Å². The van der Waals surface area contributed by atoms with Gasteiger partial charge in [-0.1, -0.05) is 12.5 Å². The molecule has 0 saturated heterocycles. The molecule has 4 heteroatoms. The molecule has 0 aliphatic heterocycles. The Morgan fingerprint density at radius 1 is 1.50 bits per heavy atom. The summed E-state index contributed by atoms with van der Waals surface area (Å²) in [4.78, 5) is 0. The molecule has 0 aromatic heterocycles. The minimum Gasteiger partial charge on any atom is -0.491 e. The number of aliphatic hydroxyl groups excluding tert-OH is 1. The summed E-state index contributed by atoms with van der Waals surface area (Å²) in [6.07, 6.45) is 3.18. The number of hydrogen-bond donors (Lipinski definition) is 2. The van der Waals surface area contributed by atoms with Gasteiger partial charge in [0.25, 0.3) is 0 Å². The molecular weight excluding hydrogens is 228 g/mol. The lowest BCUT2D eigenvalue weighted by molar-refractivity contribution is 0.0997. The fraction of sp³-hybridized carbons (Fsp3) is 0.500. The first-order chi connectivity index (χ1) is 8.78. The van der Waals surface area contributed by atoms with E-state index in [4.69, 9.17) is 10.00 Å². The molecule has 96 valence electrons. The maximum Gasteiger partial charge on any atom is 0.120 e. The van der Waals surface area contributed by atoms with Gasteiger partial charge in [0.1, 0.15) is 18.5 Å². The summed E-state index contributed by atoms with van der Waals surface area (Å²) in [6.45, 7) is 0.803. The SMILES string of the molecule is N#Cc1cccc(OCC(O)CNC2CCC2)c1. The zero-order chi connectivity index (χ0) is 12.8. The molecule has 1 aromatic rings. The monoisotopic (exact) mass is 246 g/mol. The van der Waals surface area contributed by atoms with E-state index in [1.807, 2.05) is 0 Å². The number of nitrogens with zero attached hydrogens (tertiary/aromatic N) is 1. The Bertz CT molecular complexity index is 424. The molecule has 1 unspecified atom stereocenters. The van der Waals surface area contributed by atoms with Crippen molar-refractivity contribution in [3.8, 4) is 11.8 Å². The van der Waals surface area contributed by atoms with Crippen molar-refractivity contribution < 1.29 is 9.84 Å². The molecule has 1 aliphatic rings. The molecule has 0 radical (unpaired) electrons. The van der Waals surface area contributed by atoms with Crippen LogP contribution in [0.25, 0.3) is 0 Å². The minimum absolute atomic E-state index is 0.245. The van der Waals surface area contributed by atoms with E-state index in [-0.39, 0.29) is 6.61 Å². The highest BCUT2D eigenvalue weighted by atomic mass is 16.5. The maximum absolute atomic E-state index is 9.75. The van der Waals surface area contributed by atoms with Crippen LogP contribution in [0.1, 0.15) is 24.8 Å². The number of hydrogen-bond acceptors (Lipinski definition) is 4. The van der Waals surface area contributed by atoms with E-state index in [2.05, 4.69) is 11.4 Å². The van der Waals surface area contributed by atoms with Crippen LogP contribution in [0.5, 0.6) is 5.75 Å². The number of ether oxygens (including phenoxy) is 1. The predicted octanol–water partition coefficient (Wildman–Crippen LogP) is 1.44. The lowest BCUT2D eigenvalue weighted by atomic mass is 9.93. The highest BCUT2D eigenvalue weighted by molar-refractivity contribution is 5.36. The third-order valence-electron chi connectivity index (χ3n) is 3.15. The second kappa shape index (κ2) is 6.39. The summed E-state index contributed by atoms with van der Waals surface area (Å²) in [5.41, 5.74) is 0.564. The second-order valence-electron chi connectivity index (χ2n) is 4.64. The van der Waals surface area contributed by atoms with Gasteiger partial charge in [-0.2, -0.15) is 5.26 Å². The molecule has 0 spiro atoms. The Kier molecular flexibility index (Phi) is 4.57. The third-order valence-corrected chi connectivity index (χ3v) is 3.15. The second-order valence-corrected chi connectivity index (χ2v) is 4.64. The number of rotatable bonds is 6. The summed E-state index contributed by atoms with van der Waals surface area (Å²) in [5, 5.41) is 21.8. The van der Waals surface area contributed by atoms with Gasteiger partial charge in [-0.15, -0.1) is 0 Å². The highest BCUT2D eigenvalue weighted by Gasteiger charge is 2.17. The van der Waals surface area contributed by atoms with Crippen LogP contribution in [0.2, 0.25) is 0 Å². The zero-order valence-corrected chi connectivity index (χ0v) is 10.3. The Morgan fingerprint density at radius 2 is 2.33 bits per heavy atom. The molecule has 1 fully saturated rings. The topological polar surface area (TPSA) is 65.3 Å². The van der Waals surface area contributed by atoms with Crippen molar-refractivity contribution in [1.82, 2.24) is 5.32 Å². The van der Waals surface area contributed by atoms with Crippen molar-refractivity contribution in [2.75, 3.05) is 13.2 Å². The number of nitriles is 1. The van der Waals surface area contributed by atoms with Crippen LogP contribution < -0.4 is 10.1 Å². The molecule has 0 amide bonds. The quantitative estimate of drug-likeness (QED) is 0.797. The van der Waals surface area contributed by atoms with Crippen molar-refractivity contribution in [2.45, 2.75) is 31.4 Å². The van der Waals surface area contributed by atoms with Gasteiger partial charge in [0.2, 0.25) is 0 Å². The average molecular weight is 246 g/mol. The van der Waals surface area contributed by atoms with Gasteiger partial charge in [-0.25, -0.2) is 0 Å². The van der Waals surface area contributed by atoms with Gasteiger partial charge >= 0.3 is 0 Å². The van der Waals surface area contributed by atoms with Crippen LogP contribution in [-0.2, 0) is 0 Å². The first kappa shape index (κ1) is 12.9. The van der Waals surface area contributed by atoms with Crippen molar-refractivity contribution in [1.29, 1.82) is 5.26 Å². The van der Waals surface area contributed by atoms with E-state index in [9.17, 15) is 5.11 Å². The van der Waals surface area contributed by atoms with Crippen LogP contribution in [0.15, 0.2) is 24.3 Å². The summed E-state index contributed by atoms with van der Waals surface area (Å²) in [5.74, 6) is 0.622. The molecule has 2 N–H and O–H groups in total. The van der Waals surface area contributed by atoms with Crippen molar-refractivity contribution in [3.05, 3.63) is 29.8 Å². The average Bonchev–Trinajstić information content (AvgIpc) is 2.35.